The number of hydrogen-bond donors (Lipinski definition) is 2. The predicted molar refractivity (Wildman–Crippen MR) is 80.5 cm³/mol. The molecule has 1 aromatic rings. The molecule has 0 saturated heterocycles. The molecule has 1 amide bonds. The molecule has 5 heteroatoms. The van der Waals surface area contributed by atoms with Gasteiger partial charge in [-0.2, -0.15) is 0 Å². The van der Waals surface area contributed by atoms with Crippen LogP contribution in [0.25, 0.3) is 0 Å². The van der Waals surface area contributed by atoms with E-state index in [-0.39, 0.29) is 18.0 Å². The fraction of sp³-hybridized carbons (Fsp3) is 0.500. The van der Waals surface area contributed by atoms with Crippen LogP contribution in [-0.4, -0.2) is 11.9 Å². The average molecular weight is 303 g/mol. The fourth-order valence-electron chi connectivity index (χ4n) is 1.76. The third-order valence-corrected chi connectivity index (χ3v) is 3.62. The lowest BCUT2D eigenvalue weighted by Crippen LogP contribution is -2.26. The number of nitrogens with two attached hydrogens (primary N) is 1. The molecular formula is C14H20Cl2N2O. The lowest BCUT2D eigenvalue weighted by Gasteiger charge is -2.15. The second-order valence-corrected chi connectivity index (χ2v) is 5.65. The third kappa shape index (κ3) is 5.81. The quantitative estimate of drug-likeness (QED) is 0.842. The second-order valence-electron chi connectivity index (χ2n) is 4.83. The Morgan fingerprint density at radius 1 is 1.32 bits per heavy atom. The lowest BCUT2D eigenvalue weighted by molar-refractivity contribution is -0.121. The molecule has 0 radical (unpaired) electrons. The van der Waals surface area contributed by atoms with Crippen molar-refractivity contribution in [3.8, 4) is 0 Å². The number of rotatable bonds is 6. The summed E-state index contributed by atoms with van der Waals surface area (Å²) < 4.78 is 0. The summed E-state index contributed by atoms with van der Waals surface area (Å²) in [7, 11) is 0. The van der Waals surface area contributed by atoms with Crippen LogP contribution in [0.3, 0.4) is 0 Å². The minimum atomic E-state index is -0.0856. The molecule has 1 aromatic carbocycles. The van der Waals surface area contributed by atoms with Crippen molar-refractivity contribution in [1.82, 2.24) is 5.32 Å². The van der Waals surface area contributed by atoms with E-state index in [1.165, 1.54) is 0 Å². The van der Waals surface area contributed by atoms with Crippen molar-refractivity contribution < 1.29 is 4.79 Å². The Bertz CT molecular complexity index is 435. The van der Waals surface area contributed by atoms with Crippen molar-refractivity contribution in [3.05, 3.63) is 33.8 Å². The summed E-state index contributed by atoms with van der Waals surface area (Å²) in [6.45, 7) is 3.86. The first kappa shape index (κ1) is 16.3. The van der Waals surface area contributed by atoms with E-state index in [2.05, 4.69) is 5.32 Å². The lowest BCUT2D eigenvalue weighted by atomic mass is 10.1. The number of benzene rings is 1. The van der Waals surface area contributed by atoms with E-state index in [0.29, 0.717) is 16.5 Å². The SMILES string of the molecule is CC(N)CCCC(=O)NC(C)c1ccc(Cl)c(Cl)c1. The highest BCUT2D eigenvalue weighted by Gasteiger charge is 2.11. The van der Waals surface area contributed by atoms with E-state index in [9.17, 15) is 4.79 Å². The molecule has 1 rings (SSSR count). The second kappa shape index (κ2) is 7.73. The largest absolute Gasteiger partial charge is 0.350 e. The van der Waals surface area contributed by atoms with Crippen molar-refractivity contribution in [2.24, 2.45) is 5.73 Å². The number of nitrogens with one attached hydrogen (secondary N) is 1. The topological polar surface area (TPSA) is 55.1 Å². The van der Waals surface area contributed by atoms with Gasteiger partial charge >= 0.3 is 0 Å². The Kier molecular flexibility index (Phi) is 6.63. The van der Waals surface area contributed by atoms with E-state index < -0.39 is 0 Å². The Labute approximate surface area is 124 Å². The van der Waals surface area contributed by atoms with Crippen LogP contribution < -0.4 is 11.1 Å². The molecule has 0 fully saturated rings. The zero-order valence-corrected chi connectivity index (χ0v) is 12.8. The highest BCUT2D eigenvalue weighted by Crippen LogP contribution is 2.25. The number of hydrogen-bond acceptors (Lipinski definition) is 2. The van der Waals surface area contributed by atoms with Gasteiger partial charge in [-0.15, -0.1) is 0 Å². The molecule has 0 bridgehead atoms. The van der Waals surface area contributed by atoms with Crippen molar-refractivity contribution in [1.29, 1.82) is 0 Å². The molecule has 3 nitrogen and oxygen atoms in total. The smallest absolute Gasteiger partial charge is 0.220 e. The summed E-state index contributed by atoms with van der Waals surface area (Å²) in [5.41, 5.74) is 6.58. The molecule has 19 heavy (non-hydrogen) atoms. The van der Waals surface area contributed by atoms with Crippen LogP contribution in [0, 0.1) is 0 Å². The number of amides is 1. The Morgan fingerprint density at radius 3 is 2.58 bits per heavy atom. The fourth-order valence-corrected chi connectivity index (χ4v) is 2.07. The minimum absolute atomic E-state index is 0.0271. The molecule has 0 aliphatic carbocycles. The van der Waals surface area contributed by atoms with Gasteiger partial charge in [-0.3, -0.25) is 4.79 Å². The van der Waals surface area contributed by atoms with Crippen molar-refractivity contribution in [3.63, 3.8) is 0 Å². The predicted octanol–water partition coefficient (Wildman–Crippen LogP) is 3.69. The standard InChI is InChI=1S/C14H20Cl2N2O/c1-9(17)4-3-5-14(19)18-10(2)11-6-7-12(15)13(16)8-11/h6-10H,3-5,17H2,1-2H3,(H,18,19). The van der Waals surface area contributed by atoms with Gasteiger partial charge in [0.25, 0.3) is 0 Å². The zero-order valence-electron chi connectivity index (χ0n) is 11.2. The maximum Gasteiger partial charge on any atom is 0.220 e. The van der Waals surface area contributed by atoms with Gasteiger partial charge in [-0.1, -0.05) is 29.3 Å². The van der Waals surface area contributed by atoms with Crippen LogP contribution >= 0.6 is 23.2 Å². The van der Waals surface area contributed by atoms with E-state index >= 15 is 0 Å². The van der Waals surface area contributed by atoms with Gasteiger partial charge in [-0.25, -0.2) is 0 Å². The highest BCUT2D eigenvalue weighted by molar-refractivity contribution is 6.42. The molecule has 2 atom stereocenters. The number of halogens is 2. The summed E-state index contributed by atoms with van der Waals surface area (Å²) in [6.07, 6.45) is 2.15. The summed E-state index contributed by atoms with van der Waals surface area (Å²) in [6, 6.07) is 5.42. The average Bonchev–Trinajstić information content (AvgIpc) is 2.32. The summed E-state index contributed by atoms with van der Waals surface area (Å²) >= 11 is 11.8. The number of carbonyl (C=O) groups excluding carboxylic acids is 1. The first-order valence-corrected chi connectivity index (χ1v) is 7.15. The van der Waals surface area contributed by atoms with Gasteiger partial charge < -0.3 is 11.1 Å². The van der Waals surface area contributed by atoms with Crippen molar-refractivity contribution >= 4 is 29.1 Å². The first-order chi connectivity index (χ1) is 8.90. The van der Waals surface area contributed by atoms with Gasteiger partial charge in [0.2, 0.25) is 5.91 Å². The maximum atomic E-state index is 11.7. The molecule has 0 heterocycles. The van der Waals surface area contributed by atoms with Gasteiger partial charge in [0.15, 0.2) is 0 Å². The van der Waals surface area contributed by atoms with E-state index in [1.54, 1.807) is 12.1 Å². The number of carbonyl (C=O) groups is 1. The van der Waals surface area contributed by atoms with Gasteiger partial charge in [0, 0.05) is 12.5 Å². The molecule has 106 valence electrons. The summed E-state index contributed by atoms with van der Waals surface area (Å²) in [4.78, 5) is 11.7. The van der Waals surface area contributed by atoms with E-state index in [4.69, 9.17) is 28.9 Å². The van der Waals surface area contributed by atoms with Gasteiger partial charge in [-0.05, 0) is 44.4 Å². The first-order valence-electron chi connectivity index (χ1n) is 6.40. The van der Waals surface area contributed by atoms with Gasteiger partial charge in [0.1, 0.15) is 0 Å². The van der Waals surface area contributed by atoms with Crippen molar-refractivity contribution in [2.45, 2.75) is 45.2 Å². The van der Waals surface area contributed by atoms with Crippen molar-refractivity contribution in [2.75, 3.05) is 0 Å². The molecule has 0 aliphatic rings. The molecule has 0 aliphatic heterocycles. The Morgan fingerprint density at radius 2 is 2.00 bits per heavy atom. The molecular weight excluding hydrogens is 283 g/mol. The molecule has 3 N–H and O–H groups in total. The summed E-state index contributed by atoms with van der Waals surface area (Å²) in [5, 5.41) is 3.95. The molecule has 0 aromatic heterocycles. The van der Waals surface area contributed by atoms with E-state index in [1.807, 2.05) is 19.9 Å². The molecule has 0 spiro atoms. The zero-order chi connectivity index (χ0) is 14.4. The van der Waals surface area contributed by atoms with Crippen LogP contribution in [-0.2, 0) is 4.79 Å². The van der Waals surface area contributed by atoms with Crippen LogP contribution in [0.15, 0.2) is 18.2 Å². The van der Waals surface area contributed by atoms with Gasteiger partial charge in [0.05, 0.1) is 16.1 Å². The highest BCUT2D eigenvalue weighted by atomic mass is 35.5. The van der Waals surface area contributed by atoms with E-state index in [0.717, 1.165) is 18.4 Å². The third-order valence-electron chi connectivity index (χ3n) is 2.88. The minimum Gasteiger partial charge on any atom is -0.350 e. The van der Waals surface area contributed by atoms with Crippen LogP contribution in [0.5, 0.6) is 0 Å². The summed E-state index contributed by atoms with van der Waals surface area (Å²) in [5.74, 6) is 0.0271. The molecule has 0 saturated carbocycles. The maximum absolute atomic E-state index is 11.7. The van der Waals surface area contributed by atoms with Crippen LogP contribution in [0.4, 0.5) is 0 Å². The normalized spacial score (nSPS) is 13.9. The monoisotopic (exact) mass is 302 g/mol. The van der Waals surface area contributed by atoms with Crippen LogP contribution in [0.1, 0.15) is 44.7 Å². The van der Waals surface area contributed by atoms with Crippen LogP contribution in [0.2, 0.25) is 10.0 Å². The Hall–Kier alpha value is -0.770. The molecule has 2 unspecified atom stereocenters. The Balaban J connectivity index is 2.47.